The Kier molecular flexibility index (Phi) is 3.46. The molecule has 0 aliphatic rings. The predicted molar refractivity (Wildman–Crippen MR) is 46.9 cm³/mol. The van der Waals surface area contributed by atoms with E-state index >= 15 is 0 Å². The van der Waals surface area contributed by atoms with E-state index in [4.69, 9.17) is 0 Å². The monoisotopic (exact) mass is 204 g/mol. The van der Waals surface area contributed by atoms with Crippen LogP contribution in [-0.2, 0) is 12.6 Å². The van der Waals surface area contributed by atoms with Crippen LogP contribution in [0.4, 0.5) is 13.2 Å². The average molecular weight is 204 g/mol. The van der Waals surface area contributed by atoms with Crippen molar-refractivity contribution in [2.45, 2.75) is 12.6 Å². The number of alkyl halides is 3. The maximum absolute atomic E-state index is 12.4. The molecule has 0 aliphatic heterocycles. The van der Waals surface area contributed by atoms with E-state index in [1.54, 1.807) is 7.05 Å². The van der Waals surface area contributed by atoms with Gasteiger partial charge in [0.25, 0.3) is 0 Å². The fraction of sp³-hybridized carbons (Fsp3) is 0.444. The molecule has 0 unspecified atom stereocenters. The highest BCUT2D eigenvalue weighted by Crippen LogP contribution is 2.29. The maximum atomic E-state index is 12.4. The smallest absolute Gasteiger partial charge is 0.319 e. The molecular weight excluding hydrogens is 193 g/mol. The third-order valence-corrected chi connectivity index (χ3v) is 1.80. The lowest BCUT2D eigenvalue weighted by atomic mass is 10.1. The van der Waals surface area contributed by atoms with Crippen molar-refractivity contribution >= 4 is 0 Å². The van der Waals surface area contributed by atoms with Crippen molar-refractivity contribution in [3.8, 4) is 0 Å². The van der Waals surface area contributed by atoms with Gasteiger partial charge in [-0.15, -0.1) is 0 Å². The summed E-state index contributed by atoms with van der Waals surface area (Å²) in [6.07, 6.45) is -2.87. The number of nitrogens with zero attached hydrogens (tertiary/aromatic N) is 1. The fourth-order valence-corrected chi connectivity index (χ4v) is 1.16. The van der Waals surface area contributed by atoms with Gasteiger partial charge in [0.2, 0.25) is 0 Å². The van der Waals surface area contributed by atoms with Crippen LogP contribution in [0.1, 0.15) is 11.3 Å². The third-order valence-electron chi connectivity index (χ3n) is 1.80. The topological polar surface area (TPSA) is 24.9 Å². The SMILES string of the molecule is CNCCc1cccnc1C(F)(F)F. The van der Waals surface area contributed by atoms with Crippen molar-refractivity contribution < 1.29 is 13.2 Å². The highest BCUT2D eigenvalue weighted by molar-refractivity contribution is 5.22. The van der Waals surface area contributed by atoms with Crippen molar-refractivity contribution in [2.24, 2.45) is 0 Å². The molecule has 1 aromatic rings. The molecule has 0 aliphatic carbocycles. The Hall–Kier alpha value is -1.10. The predicted octanol–water partition coefficient (Wildman–Crippen LogP) is 1.86. The average Bonchev–Trinajstić information content (AvgIpc) is 2.14. The van der Waals surface area contributed by atoms with Crippen LogP contribution in [0.15, 0.2) is 18.3 Å². The molecule has 0 radical (unpaired) electrons. The molecule has 0 saturated heterocycles. The van der Waals surface area contributed by atoms with Gasteiger partial charge in [0.1, 0.15) is 5.69 Å². The van der Waals surface area contributed by atoms with Crippen LogP contribution in [-0.4, -0.2) is 18.6 Å². The number of hydrogen-bond acceptors (Lipinski definition) is 2. The van der Waals surface area contributed by atoms with Crippen LogP contribution in [0, 0.1) is 0 Å². The van der Waals surface area contributed by atoms with E-state index in [1.807, 2.05) is 0 Å². The number of nitrogens with one attached hydrogen (secondary N) is 1. The van der Waals surface area contributed by atoms with E-state index in [1.165, 1.54) is 12.1 Å². The molecule has 1 N–H and O–H groups in total. The summed E-state index contributed by atoms with van der Waals surface area (Å²) in [7, 11) is 1.70. The van der Waals surface area contributed by atoms with Crippen LogP contribution >= 0.6 is 0 Å². The van der Waals surface area contributed by atoms with Gasteiger partial charge in [0.05, 0.1) is 0 Å². The summed E-state index contributed by atoms with van der Waals surface area (Å²) < 4.78 is 37.2. The molecule has 78 valence electrons. The highest BCUT2D eigenvalue weighted by Gasteiger charge is 2.34. The van der Waals surface area contributed by atoms with Crippen molar-refractivity contribution in [1.29, 1.82) is 0 Å². The number of pyridine rings is 1. The summed E-state index contributed by atoms with van der Waals surface area (Å²) in [5.74, 6) is 0. The lowest BCUT2D eigenvalue weighted by Crippen LogP contribution is -2.16. The van der Waals surface area contributed by atoms with Gasteiger partial charge in [-0.1, -0.05) is 6.07 Å². The Morgan fingerprint density at radius 1 is 1.43 bits per heavy atom. The van der Waals surface area contributed by atoms with E-state index in [-0.39, 0.29) is 5.56 Å². The second-order valence-electron chi connectivity index (χ2n) is 2.86. The van der Waals surface area contributed by atoms with Gasteiger partial charge in [-0.3, -0.25) is 4.98 Å². The molecule has 0 fully saturated rings. The van der Waals surface area contributed by atoms with Gasteiger partial charge in [0, 0.05) is 6.20 Å². The quantitative estimate of drug-likeness (QED) is 0.812. The molecule has 0 bridgehead atoms. The van der Waals surface area contributed by atoms with E-state index in [0.717, 1.165) is 6.20 Å². The number of rotatable bonds is 3. The molecule has 0 aromatic carbocycles. The molecule has 1 rings (SSSR count). The Morgan fingerprint density at radius 3 is 2.71 bits per heavy atom. The van der Waals surface area contributed by atoms with Crippen LogP contribution in [0.2, 0.25) is 0 Å². The van der Waals surface area contributed by atoms with Gasteiger partial charge in [-0.25, -0.2) is 0 Å². The van der Waals surface area contributed by atoms with Gasteiger partial charge < -0.3 is 5.32 Å². The molecule has 1 heterocycles. The Labute approximate surface area is 80.2 Å². The minimum absolute atomic E-state index is 0.231. The molecule has 0 atom stereocenters. The van der Waals surface area contributed by atoms with Crippen LogP contribution < -0.4 is 5.32 Å². The van der Waals surface area contributed by atoms with Gasteiger partial charge in [0.15, 0.2) is 0 Å². The summed E-state index contributed by atoms with van der Waals surface area (Å²) in [6.45, 7) is 0.509. The number of hydrogen-bond donors (Lipinski definition) is 1. The first-order valence-corrected chi connectivity index (χ1v) is 4.21. The fourth-order valence-electron chi connectivity index (χ4n) is 1.16. The molecule has 2 nitrogen and oxygen atoms in total. The number of aromatic nitrogens is 1. The minimum atomic E-state index is -4.36. The van der Waals surface area contributed by atoms with Crippen LogP contribution in [0.5, 0.6) is 0 Å². The Balaban J connectivity index is 2.92. The number of halogens is 3. The second-order valence-corrected chi connectivity index (χ2v) is 2.86. The number of likely N-dealkylation sites (N-methyl/N-ethyl adjacent to an activating group) is 1. The molecular formula is C9H11F3N2. The summed E-state index contributed by atoms with van der Waals surface area (Å²) >= 11 is 0. The van der Waals surface area contributed by atoms with Crippen molar-refractivity contribution in [2.75, 3.05) is 13.6 Å². The van der Waals surface area contributed by atoms with Crippen molar-refractivity contribution in [3.63, 3.8) is 0 Å². The van der Waals surface area contributed by atoms with Gasteiger partial charge in [-0.05, 0) is 31.6 Å². The molecule has 0 amide bonds. The summed E-state index contributed by atoms with van der Waals surface area (Å²) in [4.78, 5) is 3.35. The molecule has 0 saturated carbocycles. The maximum Gasteiger partial charge on any atom is 0.433 e. The Morgan fingerprint density at radius 2 is 2.14 bits per heavy atom. The normalized spacial score (nSPS) is 11.7. The van der Waals surface area contributed by atoms with E-state index in [9.17, 15) is 13.2 Å². The summed E-state index contributed by atoms with van der Waals surface area (Å²) in [6, 6.07) is 2.97. The van der Waals surface area contributed by atoms with Gasteiger partial charge in [-0.2, -0.15) is 13.2 Å². The van der Waals surface area contributed by atoms with Gasteiger partial charge >= 0.3 is 6.18 Å². The first-order chi connectivity index (χ1) is 6.55. The zero-order valence-electron chi connectivity index (χ0n) is 7.73. The standard InChI is InChI=1S/C9H11F3N2/c1-13-6-4-7-3-2-5-14-8(7)9(10,11)12/h2-3,5,13H,4,6H2,1H3. The third kappa shape index (κ3) is 2.70. The first-order valence-electron chi connectivity index (χ1n) is 4.21. The minimum Gasteiger partial charge on any atom is -0.319 e. The van der Waals surface area contributed by atoms with Crippen molar-refractivity contribution in [1.82, 2.24) is 10.3 Å². The van der Waals surface area contributed by atoms with E-state index < -0.39 is 11.9 Å². The zero-order chi connectivity index (χ0) is 10.6. The van der Waals surface area contributed by atoms with E-state index in [2.05, 4.69) is 10.3 Å². The van der Waals surface area contributed by atoms with Crippen LogP contribution in [0.3, 0.4) is 0 Å². The second kappa shape index (κ2) is 4.41. The highest BCUT2D eigenvalue weighted by atomic mass is 19.4. The largest absolute Gasteiger partial charge is 0.433 e. The molecule has 14 heavy (non-hydrogen) atoms. The van der Waals surface area contributed by atoms with Crippen molar-refractivity contribution in [3.05, 3.63) is 29.6 Å². The lowest BCUT2D eigenvalue weighted by molar-refractivity contribution is -0.141. The summed E-state index contributed by atoms with van der Waals surface area (Å²) in [5, 5.41) is 2.80. The summed E-state index contributed by atoms with van der Waals surface area (Å²) in [5.41, 5.74) is -0.551. The molecule has 1 aromatic heterocycles. The zero-order valence-corrected chi connectivity index (χ0v) is 7.73. The van der Waals surface area contributed by atoms with E-state index in [0.29, 0.717) is 13.0 Å². The Bertz CT molecular complexity index is 296. The molecule has 5 heteroatoms. The van der Waals surface area contributed by atoms with Crippen LogP contribution in [0.25, 0.3) is 0 Å². The first kappa shape index (κ1) is 11.0. The molecule has 0 spiro atoms. The lowest BCUT2D eigenvalue weighted by Gasteiger charge is -2.10.